The Balaban J connectivity index is 2.24. The van der Waals surface area contributed by atoms with Crippen molar-refractivity contribution in [3.05, 3.63) is 29.3 Å². The first kappa shape index (κ1) is 10.5. The van der Waals surface area contributed by atoms with E-state index in [1.807, 2.05) is 13.0 Å². The summed E-state index contributed by atoms with van der Waals surface area (Å²) in [5, 5.41) is 12.9. The Hall–Kier alpha value is -1.02. The molecule has 1 heterocycles. The highest BCUT2D eigenvalue weighted by Crippen LogP contribution is 2.32. The summed E-state index contributed by atoms with van der Waals surface area (Å²) in [6, 6.07) is 6.01. The van der Waals surface area contributed by atoms with Crippen LogP contribution < -0.4 is 5.32 Å². The van der Waals surface area contributed by atoms with Crippen molar-refractivity contribution in [2.45, 2.75) is 26.2 Å². The van der Waals surface area contributed by atoms with Crippen LogP contribution in [0.4, 0.5) is 0 Å². The maximum absolute atomic E-state index is 9.50. The number of benzene rings is 1. The number of piperidine rings is 1. The quantitative estimate of drug-likeness (QED) is 0.738. The Morgan fingerprint density at radius 2 is 2.20 bits per heavy atom. The normalized spacial score (nSPS) is 26.5. The largest absolute Gasteiger partial charge is 0.508 e. The highest BCUT2D eigenvalue weighted by Gasteiger charge is 2.22. The average molecular weight is 205 g/mol. The number of phenolic OH excluding ortho intramolecular Hbond substituents is 1. The third-order valence-electron chi connectivity index (χ3n) is 3.43. The zero-order valence-corrected chi connectivity index (χ0v) is 9.46. The predicted molar refractivity (Wildman–Crippen MR) is 62.2 cm³/mol. The first-order chi connectivity index (χ1) is 7.18. The Morgan fingerprint density at radius 3 is 2.87 bits per heavy atom. The molecule has 2 atom stereocenters. The van der Waals surface area contributed by atoms with Gasteiger partial charge in [-0.2, -0.15) is 0 Å². The second-order valence-corrected chi connectivity index (χ2v) is 4.62. The molecule has 0 radical (unpaired) electrons. The molecular weight excluding hydrogens is 186 g/mol. The molecule has 1 aliphatic heterocycles. The maximum atomic E-state index is 9.50. The van der Waals surface area contributed by atoms with Gasteiger partial charge in [0.1, 0.15) is 5.75 Å². The van der Waals surface area contributed by atoms with Crippen molar-refractivity contribution in [2.24, 2.45) is 5.92 Å². The van der Waals surface area contributed by atoms with Gasteiger partial charge in [-0.3, -0.25) is 0 Å². The van der Waals surface area contributed by atoms with Crippen molar-refractivity contribution >= 4 is 0 Å². The zero-order chi connectivity index (χ0) is 10.8. The van der Waals surface area contributed by atoms with Crippen LogP contribution in [0.2, 0.25) is 0 Å². The monoisotopic (exact) mass is 205 g/mol. The molecule has 0 saturated carbocycles. The minimum absolute atomic E-state index is 0.403. The van der Waals surface area contributed by atoms with Crippen molar-refractivity contribution in [1.29, 1.82) is 0 Å². The van der Waals surface area contributed by atoms with E-state index in [4.69, 9.17) is 0 Å². The van der Waals surface area contributed by atoms with Gasteiger partial charge in [0, 0.05) is 0 Å². The van der Waals surface area contributed by atoms with Crippen LogP contribution in [0.15, 0.2) is 18.2 Å². The Bertz CT molecular complexity index is 348. The molecule has 2 heteroatoms. The SMILES string of the molecule is Cc1cc(C2CCNCC2C)ccc1O. The van der Waals surface area contributed by atoms with E-state index in [1.165, 1.54) is 12.0 Å². The van der Waals surface area contributed by atoms with Crippen LogP contribution in [0, 0.1) is 12.8 Å². The molecule has 1 aromatic rings. The smallest absolute Gasteiger partial charge is 0.118 e. The molecule has 2 nitrogen and oxygen atoms in total. The van der Waals surface area contributed by atoms with E-state index in [2.05, 4.69) is 24.4 Å². The van der Waals surface area contributed by atoms with Gasteiger partial charge < -0.3 is 10.4 Å². The van der Waals surface area contributed by atoms with Crippen LogP contribution in [-0.4, -0.2) is 18.2 Å². The first-order valence-corrected chi connectivity index (χ1v) is 5.68. The fraction of sp³-hybridized carbons (Fsp3) is 0.538. The molecule has 82 valence electrons. The van der Waals surface area contributed by atoms with Crippen molar-refractivity contribution < 1.29 is 5.11 Å². The van der Waals surface area contributed by atoms with Gasteiger partial charge in [-0.05, 0) is 55.5 Å². The van der Waals surface area contributed by atoms with Crippen LogP contribution >= 0.6 is 0 Å². The first-order valence-electron chi connectivity index (χ1n) is 5.68. The number of aryl methyl sites for hydroxylation is 1. The van der Waals surface area contributed by atoms with E-state index < -0.39 is 0 Å². The molecule has 0 bridgehead atoms. The van der Waals surface area contributed by atoms with Crippen LogP contribution in [0.1, 0.15) is 30.4 Å². The molecule has 2 rings (SSSR count). The van der Waals surface area contributed by atoms with E-state index in [0.29, 0.717) is 17.6 Å². The molecule has 1 fully saturated rings. The molecule has 2 unspecified atom stereocenters. The molecule has 0 amide bonds. The number of hydrogen-bond donors (Lipinski definition) is 2. The lowest BCUT2D eigenvalue weighted by Crippen LogP contribution is -2.33. The number of aromatic hydroxyl groups is 1. The van der Waals surface area contributed by atoms with Crippen LogP contribution in [0.25, 0.3) is 0 Å². The van der Waals surface area contributed by atoms with Gasteiger partial charge in [0.15, 0.2) is 0 Å². The van der Waals surface area contributed by atoms with Gasteiger partial charge in [0.25, 0.3) is 0 Å². The lowest BCUT2D eigenvalue weighted by Gasteiger charge is -2.30. The van der Waals surface area contributed by atoms with E-state index in [-0.39, 0.29) is 0 Å². The van der Waals surface area contributed by atoms with Gasteiger partial charge in [0.2, 0.25) is 0 Å². The standard InChI is InChI=1S/C13H19NO/c1-9-7-11(3-4-13(9)15)12-5-6-14-8-10(12)2/h3-4,7,10,12,14-15H,5-6,8H2,1-2H3. The van der Waals surface area contributed by atoms with Gasteiger partial charge in [0.05, 0.1) is 0 Å². The van der Waals surface area contributed by atoms with Gasteiger partial charge in [-0.25, -0.2) is 0 Å². The number of phenols is 1. The second-order valence-electron chi connectivity index (χ2n) is 4.62. The molecule has 0 spiro atoms. The van der Waals surface area contributed by atoms with Crippen molar-refractivity contribution in [3.63, 3.8) is 0 Å². The summed E-state index contributed by atoms with van der Waals surface area (Å²) < 4.78 is 0. The zero-order valence-electron chi connectivity index (χ0n) is 9.46. The fourth-order valence-corrected chi connectivity index (χ4v) is 2.42. The highest BCUT2D eigenvalue weighted by atomic mass is 16.3. The van der Waals surface area contributed by atoms with Gasteiger partial charge in [-0.15, -0.1) is 0 Å². The number of rotatable bonds is 1. The van der Waals surface area contributed by atoms with E-state index >= 15 is 0 Å². The minimum Gasteiger partial charge on any atom is -0.508 e. The molecule has 0 aliphatic carbocycles. The van der Waals surface area contributed by atoms with Crippen molar-refractivity contribution in [1.82, 2.24) is 5.32 Å². The number of hydrogen-bond acceptors (Lipinski definition) is 2. The fourth-order valence-electron chi connectivity index (χ4n) is 2.42. The Morgan fingerprint density at radius 1 is 1.40 bits per heavy atom. The third-order valence-corrected chi connectivity index (χ3v) is 3.43. The minimum atomic E-state index is 0.403. The maximum Gasteiger partial charge on any atom is 0.118 e. The summed E-state index contributed by atoms with van der Waals surface area (Å²) in [6.07, 6.45) is 1.20. The Kier molecular flexibility index (Phi) is 2.96. The lowest BCUT2D eigenvalue weighted by atomic mass is 9.82. The number of nitrogens with one attached hydrogen (secondary N) is 1. The summed E-state index contributed by atoms with van der Waals surface area (Å²) in [5.74, 6) is 1.73. The lowest BCUT2D eigenvalue weighted by molar-refractivity contribution is 0.349. The molecule has 0 aromatic heterocycles. The topological polar surface area (TPSA) is 32.3 Å². The van der Waals surface area contributed by atoms with E-state index in [1.54, 1.807) is 0 Å². The summed E-state index contributed by atoms with van der Waals surface area (Å²) in [6.45, 7) is 6.46. The van der Waals surface area contributed by atoms with Gasteiger partial charge >= 0.3 is 0 Å². The summed E-state index contributed by atoms with van der Waals surface area (Å²) in [5.41, 5.74) is 2.36. The van der Waals surface area contributed by atoms with Crippen molar-refractivity contribution in [2.75, 3.05) is 13.1 Å². The summed E-state index contributed by atoms with van der Waals surface area (Å²) in [7, 11) is 0. The Labute approximate surface area is 91.3 Å². The molecule has 2 N–H and O–H groups in total. The predicted octanol–water partition coefficient (Wildman–Crippen LogP) is 2.41. The molecule has 1 aromatic carbocycles. The van der Waals surface area contributed by atoms with Crippen LogP contribution in [0.3, 0.4) is 0 Å². The second kappa shape index (κ2) is 4.23. The molecule has 1 saturated heterocycles. The van der Waals surface area contributed by atoms with E-state index in [9.17, 15) is 5.11 Å². The van der Waals surface area contributed by atoms with Crippen LogP contribution in [0.5, 0.6) is 5.75 Å². The summed E-state index contributed by atoms with van der Waals surface area (Å²) >= 11 is 0. The highest BCUT2D eigenvalue weighted by molar-refractivity contribution is 5.36. The average Bonchev–Trinajstić information content (AvgIpc) is 2.23. The summed E-state index contributed by atoms with van der Waals surface area (Å²) in [4.78, 5) is 0. The van der Waals surface area contributed by atoms with Crippen LogP contribution in [-0.2, 0) is 0 Å². The third kappa shape index (κ3) is 2.15. The molecule has 1 aliphatic rings. The van der Waals surface area contributed by atoms with E-state index in [0.717, 1.165) is 18.7 Å². The molecular formula is C13H19NO. The van der Waals surface area contributed by atoms with Gasteiger partial charge in [-0.1, -0.05) is 19.1 Å². The molecule has 15 heavy (non-hydrogen) atoms. The van der Waals surface area contributed by atoms with Crippen molar-refractivity contribution in [3.8, 4) is 5.75 Å².